The Labute approximate surface area is 208 Å². The first-order valence-corrected chi connectivity index (χ1v) is 11.1. The summed E-state index contributed by atoms with van der Waals surface area (Å²) in [5, 5.41) is 10.3. The van der Waals surface area contributed by atoms with E-state index >= 15 is 0 Å². The van der Waals surface area contributed by atoms with Gasteiger partial charge in [-0.1, -0.05) is 6.07 Å². The Balaban J connectivity index is 1.65. The van der Waals surface area contributed by atoms with Gasteiger partial charge in [0.2, 0.25) is 5.91 Å². The molecule has 2 heterocycles. The van der Waals surface area contributed by atoms with E-state index in [9.17, 15) is 9.59 Å². The van der Waals surface area contributed by atoms with Gasteiger partial charge >= 0.3 is 0 Å². The Morgan fingerprint density at radius 3 is 2.36 bits per heavy atom. The first kappa shape index (κ1) is 24.9. The lowest BCUT2D eigenvalue weighted by Crippen LogP contribution is -2.24. The molecule has 1 aromatic heterocycles. The van der Waals surface area contributed by atoms with E-state index in [4.69, 9.17) is 23.7 Å². The van der Waals surface area contributed by atoms with Crippen LogP contribution in [0.4, 0.5) is 11.5 Å². The average molecular weight is 497 g/mol. The Bertz CT molecular complexity index is 1290. The summed E-state index contributed by atoms with van der Waals surface area (Å²) in [6, 6.07) is 9.64. The second-order valence-corrected chi connectivity index (χ2v) is 7.94. The van der Waals surface area contributed by atoms with E-state index in [-0.39, 0.29) is 24.8 Å². The number of hydrogen-bond acceptors (Lipinski definition) is 8. The largest absolute Gasteiger partial charge is 0.497 e. The second kappa shape index (κ2) is 10.6. The number of nitrogens with zero attached hydrogens (tertiary/aromatic N) is 2. The summed E-state index contributed by atoms with van der Waals surface area (Å²) >= 11 is 0. The van der Waals surface area contributed by atoms with Gasteiger partial charge in [0.15, 0.2) is 11.5 Å². The predicted octanol–water partition coefficient (Wildman–Crippen LogP) is 3.25. The van der Waals surface area contributed by atoms with Crippen LogP contribution < -0.4 is 29.6 Å². The van der Waals surface area contributed by atoms with Crippen LogP contribution in [0.25, 0.3) is 11.1 Å². The van der Waals surface area contributed by atoms with E-state index in [2.05, 4.69) is 15.7 Å². The molecule has 1 unspecified atom stereocenters. The highest BCUT2D eigenvalue weighted by molar-refractivity contribution is 6.04. The fourth-order valence-corrected chi connectivity index (χ4v) is 4.14. The van der Waals surface area contributed by atoms with Crippen molar-refractivity contribution in [3.63, 3.8) is 0 Å². The van der Waals surface area contributed by atoms with Gasteiger partial charge in [0.1, 0.15) is 23.4 Å². The molecule has 3 aromatic rings. The molecule has 0 spiro atoms. The fraction of sp³-hybridized carbons (Fsp3) is 0.320. The minimum Gasteiger partial charge on any atom is -0.497 e. The minimum absolute atomic E-state index is 0.140. The van der Waals surface area contributed by atoms with Crippen LogP contribution in [0.5, 0.6) is 23.0 Å². The molecule has 2 amide bonds. The number of ether oxygens (including phenoxy) is 5. The topological polar surface area (TPSA) is 122 Å². The smallest absolute Gasteiger partial charge is 0.251 e. The van der Waals surface area contributed by atoms with Gasteiger partial charge in [-0.3, -0.25) is 9.59 Å². The molecule has 1 aliphatic rings. The number of anilines is 2. The van der Waals surface area contributed by atoms with E-state index < -0.39 is 6.04 Å². The molecule has 11 heteroatoms. The number of fused-ring (bicyclic) bond motifs is 1. The molecule has 4 rings (SSSR count). The maximum Gasteiger partial charge on any atom is 0.251 e. The fourth-order valence-electron chi connectivity index (χ4n) is 4.14. The number of amides is 2. The molecule has 2 N–H and O–H groups in total. The lowest BCUT2D eigenvalue weighted by atomic mass is 10.0. The van der Waals surface area contributed by atoms with E-state index in [0.717, 1.165) is 5.56 Å². The maximum absolute atomic E-state index is 12.9. The standard InChI is InChI=1S/C25H28N4O7/c1-32-13-17-23(14-6-8-20(35-4)21(10-14)36-5)24-27-25(31)18(29(24)28-17)12-22(30)26-16-11-15(33-2)7-9-19(16)34-3/h6-11,18H,12-13H2,1-5H3,(H,26,30)(H,27,31). The van der Waals surface area contributed by atoms with Crippen molar-refractivity contribution < 1.29 is 33.3 Å². The zero-order chi connectivity index (χ0) is 25.8. The van der Waals surface area contributed by atoms with E-state index in [1.807, 2.05) is 6.07 Å². The number of carbonyl (C=O) groups excluding carboxylic acids is 2. The highest BCUT2D eigenvalue weighted by Crippen LogP contribution is 2.41. The first-order valence-electron chi connectivity index (χ1n) is 11.1. The summed E-state index contributed by atoms with van der Waals surface area (Å²) in [5.74, 6) is 1.90. The van der Waals surface area contributed by atoms with Crippen molar-refractivity contribution in [1.82, 2.24) is 9.78 Å². The number of methoxy groups -OCH3 is 5. The number of nitrogens with one attached hydrogen (secondary N) is 2. The van der Waals surface area contributed by atoms with E-state index in [0.29, 0.717) is 45.8 Å². The lowest BCUT2D eigenvalue weighted by molar-refractivity contribution is -0.123. The number of aromatic nitrogens is 2. The van der Waals surface area contributed by atoms with Crippen LogP contribution in [-0.2, 0) is 20.9 Å². The third-order valence-corrected chi connectivity index (χ3v) is 5.84. The molecule has 2 aromatic carbocycles. The molecule has 1 atom stereocenters. The molecule has 1 aliphatic heterocycles. The normalized spacial score (nSPS) is 14.1. The van der Waals surface area contributed by atoms with Crippen molar-refractivity contribution in [3.8, 4) is 34.1 Å². The van der Waals surface area contributed by atoms with Gasteiger partial charge in [-0.2, -0.15) is 5.10 Å². The van der Waals surface area contributed by atoms with Gasteiger partial charge in [0.25, 0.3) is 5.91 Å². The molecule has 0 radical (unpaired) electrons. The van der Waals surface area contributed by atoms with Crippen LogP contribution in [0.1, 0.15) is 18.2 Å². The summed E-state index contributed by atoms with van der Waals surface area (Å²) < 4.78 is 28.2. The Morgan fingerprint density at radius 1 is 0.972 bits per heavy atom. The SMILES string of the molecule is COCc1nn2c(c1-c1ccc(OC)c(OC)c1)NC(=O)C2CC(=O)Nc1cc(OC)ccc1OC. The van der Waals surface area contributed by atoms with Crippen molar-refractivity contribution in [3.05, 3.63) is 42.1 Å². The van der Waals surface area contributed by atoms with Crippen molar-refractivity contribution >= 4 is 23.3 Å². The van der Waals surface area contributed by atoms with Crippen LogP contribution >= 0.6 is 0 Å². The maximum atomic E-state index is 12.9. The lowest BCUT2D eigenvalue weighted by Gasteiger charge is -2.13. The third kappa shape index (κ3) is 4.65. The van der Waals surface area contributed by atoms with Crippen molar-refractivity contribution in [1.29, 1.82) is 0 Å². The molecule has 0 saturated heterocycles. The highest BCUT2D eigenvalue weighted by atomic mass is 16.5. The van der Waals surface area contributed by atoms with Crippen LogP contribution in [-0.4, -0.2) is 57.1 Å². The third-order valence-electron chi connectivity index (χ3n) is 5.84. The van der Waals surface area contributed by atoms with Crippen LogP contribution in [0.15, 0.2) is 36.4 Å². The van der Waals surface area contributed by atoms with Gasteiger partial charge in [-0.15, -0.1) is 0 Å². The van der Waals surface area contributed by atoms with Crippen LogP contribution in [0.2, 0.25) is 0 Å². The van der Waals surface area contributed by atoms with Crippen molar-refractivity contribution in [2.24, 2.45) is 0 Å². The monoisotopic (exact) mass is 496 g/mol. The molecule has 0 aliphatic carbocycles. The summed E-state index contributed by atoms with van der Waals surface area (Å²) in [6.45, 7) is 0.208. The van der Waals surface area contributed by atoms with Gasteiger partial charge in [-0.25, -0.2) is 4.68 Å². The predicted molar refractivity (Wildman–Crippen MR) is 132 cm³/mol. The molecular formula is C25H28N4O7. The zero-order valence-corrected chi connectivity index (χ0v) is 20.7. The molecule has 0 bridgehead atoms. The quantitative estimate of drug-likeness (QED) is 0.439. The zero-order valence-electron chi connectivity index (χ0n) is 20.7. The Morgan fingerprint density at radius 2 is 1.69 bits per heavy atom. The Kier molecular flexibility index (Phi) is 7.30. The number of hydrogen-bond donors (Lipinski definition) is 2. The molecule has 190 valence electrons. The van der Waals surface area contributed by atoms with Crippen molar-refractivity contribution in [2.75, 3.05) is 46.2 Å². The van der Waals surface area contributed by atoms with Crippen LogP contribution in [0.3, 0.4) is 0 Å². The Hall–Kier alpha value is -4.25. The summed E-state index contributed by atoms with van der Waals surface area (Å²) in [6.07, 6.45) is -0.140. The number of rotatable bonds is 10. The summed E-state index contributed by atoms with van der Waals surface area (Å²) in [5.41, 5.74) is 2.49. The number of benzene rings is 2. The van der Waals surface area contributed by atoms with Crippen LogP contribution in [0, 0.1) is 0 Å². The molecule has 0 saturated carbocycles. The summed E-state index contributed by atoms with van der Waals surface area (Å²) in [7, 11) is 7.71. The minimum atomic E-state index is -0.846. The highest BCUT2D eigenvalue weighted by Gasteiger charge is 2.37. The molecule has 11 nitrogen and oxygen atoms in total. The van der Waals surface area contributed by atoms with Gasteiger partial charge in [-0.05, 0) is 29.8 Å². The average Bonchev–Trinajstić information content (AvgIpc) is 3.38. The van der Waals surface area contributed by atoms with Gasteiger partial charge < -0.3 is 34.3 Å². The molecule has 36 heavy (non-hydrogen) atoms. The van der Waals surface area contributed by atoms with Crippen molar-refractivity contribution in [2.45, 2.75) is 19.1 Å². The van der Waals surface area contributed by atoms with E-state index in [1.54, 1.807) is 51.7 Å². The summed E-state index contributed by atoms with van der Waals surface area (Å²) in [4.78, 5) is 25.9. The molecule has 0 fully saturated rings. The first-order chi connectivity index (χ1) is 17.4. The van der Waals surface area contributed by atoms with Gasteiger partial charge in [0.05, 0.1) is 58.4 Å². The molecular weight excluding hydrogens is 468 g/mol. The van der Waals surface area contributed by atoms with E-state index in [1.165, 1.54) is 18.9 Å². The number of carbonyl (C=O) groups is 2. The second-order valence-electron chi connectivity index (χ2n) is 7.94. The van der Waals surface area contributed by atoms with Gasteiger partial charge in [0, 0.05) is 13.2 Å².